The molecule has 1 aliphatic rings. The number of hydrogen-bond donors (Lipinski definition) is 3. The topological polar surface area (TPSA) is 79.7 Å². The summed E-state index contributed by atoms with van der Waals surface area (Å²) in [6, 6.07) is 0. The maximum atomic E-state index is 12.0. The minimum absolute atomic E-state index is 0.302. The fourth-order valence-electron chi connectivity index (χ4n) is 0.627. The number of nitrogens with zero attached hydrogens (tertiary/aromatic N) is 2. The van der Waals surface area contributed by atoms with Crippen molar-refractivity contribution >= 4 is 5.84 Å². The first-order chi connectivity index (χ1) is 5.39. The third-order valence-electron chi connectivity index (χ3n) is 1.06. The zero-order chi connectivity index (χ0) is 9.35. The molecule has 1 rings (SSSR count). The molecular formula is C4H6F3N5. The van der Waals surface area contributed by atoms with Crippen LogP contribution >= 0.6 is 0 Å². The molecule has 0 saturated heterocycles. The van der Waals surface area contributed by atoms with Gasteiger partial charge in [0.15, 0.2) is 0 Å². The van der Waals surface area contributed by atoms with E-state index in [1.54, 1.807) is 5.43 Å². The lowest BCUT2D eigenvalue weighted by Gasteiger charge is -2.22. The Morgan fingerprint density at radius 1 is 1.50 bits per heavy atom. The second-order valence-electron chi connectivity index (χ2n) is 2.04. The van der Waals surface area contributed by atoms with Gasteiger partial charge in [-0.1, -0.05) is 0 Å². The van der Waals surface area contributed by atoms with Crippen LogP contribution in [-0.2, 0) is 0 Å². The summed E-state index contributed by atoms with van der Waals surface area (Å²) in [5, 5.41) is 3.67. The van der Waals surface area contributed by atoms with E-state index < -0.39 is 11.9 Å². The molecule has 68 valence electrons. The number of hydrogen-bond acceptors (Lipinski definition) is 5. The Morgan fingerprint density at radius 2 is 2.08 bits per heavy atom. The second kappa shape index (κ2) is 2.55. The van der Waals surface area contributed by atoms with Crippen LogP contribution in [0, 0.1) is 0 Å². The molecule has 1 heterocycles. The molecule has 0 bridgehead atoms. The van der Waals surface area contributed by atoms with Gasteiger partial charge >= 0.3 is 6.18 Å². The number of nitrogens with two attached hydrogens (primary N) is 2. The van der Waals surface area contributed by atoms with E-state index in [-0.39, 0.29) is 5.84 Å². The van der Waals surface area contributed by atoms with E-state index in [9.17, 15) is 13.2 Å². The molecule has 0 aromatic rings. The average molecular weight is 181 g/mol. The molecule has 0 amide bonds. The van der Waals surface area contributed by atoms with Crippen LogP contribution in [0.1, 0.15) is 0 Å². The third-order valence-corrected chi connectivity index (χ3v) is 1.06. The average Bonchev–Trinajstić information content (AvgIpc) is 1.82. The molecule has 12 heavy (non-hydrogen) atoms. The van der Waals surface area contributed by atoms with Crippen molar-refractivity contribution in [2.24, 2.45) is 16.7 Å². The zero-order valence-electron chi connectivity index (χ0n) is 5.76. The molecule has 0 spiro atoms. The summed E-state index contributed by atoms with van der Waals surface area (Å²) in [5.41, 5.74) is 5.75. The molecule has 0 fully saturated rings. The van der Waals surface area contributed by atoms with Crippen LogP contribution in [0.15, 0.2) is 16.9 Å². The van der Waals surface area contributed by atoms with Crippen molar-refractivity contribution in [2.75, 3.05) is 0 Å². The van der Waals surface area contributed by atoms with Gasteiger partial charge in [0.2, 0.25) is 0 Å². The van der Waals surface area contributed by atoms with Crippen molar-refractivity contribution in [3.63, 3.8) is 0 Å². The van der Waals surface area contributed by atoms with Gasteiger partial charge in [-0.3, -0.25) is 5.43 Å². The number of halogens is 3. The van der Waals surface area contributed by atoms with E-state index in [0.29, 0.717) is 11.3 Å². The van der Waals surface area contributed by atoms with Gasteiger partial charge in [0.05, 0.1) is 0 Å². The van der Waals surface area contributed by atoms with Crippen LogP contribution in [-0.4, -0.2) is 17.2 Å². The lowest BCUT2D eigenvalue weighted by molar-refractivity contribution is -0.105. The molecule has 8 heteroatoms. The fraction of sp³-hybridized carbons (Fsp3) is 0.250. The van der Waals surface area contributed by atoms with E-state index in [0.717, 1.165) is 0 Å². The molecule has 0 saturated carbocycles. The van der Waals surface area contributed by atoms with Crippen LogP contribution in [0.2, 0.25) is 0 Å². The molecule has 5 nitrogen and oxygen atoms in total. The summed E-state index contributed by atoms with van der Waals surface area (Å²) in [6.45, 7) is 0. The smallest absolute Gasteiger partial charge is 0.382 e. The number of hydrazone groups is 1. The largest absolute Gasteiger partial charge is 0.432 e. The first-order valence-corrected chi connectivity index (χ1v) is 2.84. The summed E-state index contributed by atoms with van der Waals surface area (Å²) >= 11 is 0. The van der Waals surface area contributed by atoms with Crippen molar-refractivity contribution in [1.82, 2.24) is 10.7 Å². The lowest BCUT2D eigenvalue weighted by Crippen LogP contribution is -2.47. The van der Waals surface area contributed by atoms with Crippen molar-refractivity contribution < 1.29 is 13.2 Å². The Hall–Kier alpha value is -1.44. The number of alkyl halides is 3. The minimum Gasteiger partial charge on any atom is -0.382 e. The van der Waals surface area contributed by atoms with Gasteiger partial charge in [0, 0.05) is 6.08 Å². The molecule has 0 aliphatic carbocycles. The molecule has 0 atom stereocenters. The molecule has 0 radical (unpaired) electrons. The van der Waals surface area contributed by atoms with Crippen LogP contribution in [0.4, 0.5) is 13.2 Å². The maximum absolute atomic E-state index is 12.0. The van der Waals surface area contributed by atoms with Crippen molar-refractivity contribution in [3.8, 4) is 0 Å². The number of nitrogens with one attached hydrogen (secondary N) is 1. The number of allylic oxidation sites excluding steroid dienone is 1. The third kappa shape index (κ3) is 1.78. The van der Waals surface area contributed by atoms with E-state index in [1.165, 1.54) is 0 Å². The van der Waals surface area contributed by atoms with Crippen molar-refractivity contribution in [1.29, 1.82) is 0 Å². The van der Waals surface area contributed by atoms with Gasteiger partial charge in [-0.05, 0) is 0 Å². The number of hydrazine groups is 2. The van der Waals surface area contributed by atoms with Crippen LogP contribution in [0.3, 0.4) is 0 Å². The van der Waals surface area contributed by atoms with E-state index in [4.69, 9.17) is 11.6 Å². The SMILES string of the molecule is NC1=NN(N)NC(C(F)(F)F)=C1. The lowest BCUT2D eigenvalue weighted by atomic mass is 10.3. The molecule has 0 unspecified atom stereocenters. The van der Waals surface area contributed by atoms with Gasteiger partial charge in [-0.25, -0.2) is 5.84 Å². The molecule has 0 aromatic carbocycles. The highest BCUT2D eigenvalue weighted by Crippen LogP contribution is 2.24. The molecule has 0 aromatic heterocycles. The van der Waals surface area contributed by atoms with Crippen molar-refractivity contribution in [2.45, 2.75) is 6.18 Å². The Bertz CT molecular complexity index is 242. The van der Waals surface area contributed by atoms with Crippen LogP contribution in [0.25, 0.3) is 0 Å². The number of rotatable bonds is 0. The highest BCUT2D eigenvalue weighted by Gasteiger charge is 2.36. The Labute approximate surface area is 65.4 Å². The Kier molecular flexibility index (Phi) is 1.84. The highest BCUT2D eigenvalue weighted by atomic mass is 19.4. The van der Waals surface area contributed by atoms with E-state index in [1.807, 2.05) is 0 Å². The second-order valence-corrected chi connectivity index (χ2v) is 2.04. The number of amidine groups is 1. The van der Waals surface area contributed by atoms with Crippen LogP contribution < -0.4 is 17.0 Å². The molecule has 5 N–H and O–H groups in total. The Morgan fingerprint density at radius 3 is 2.50 bits per heavy atom. The fourth-order valence-corrected chi connectivity index (χ4v) is 0.627. The van der Waals surface area contributed by atoms with E-state index in [2.05, 4.69) is 5.10 Å². The van der Waals surface area contributed by atoms with Gasteiger partial charge in [0.1, 0.15) is 11.5 Å². The maximum Gasteiger partial charge on any atom is 0.432 e. The normalized spacial score (nSPS) is 18.2. The van der Waals surface area contributed by atoms with E-state index >= 15 is 0 Å². The summed E-state index contributed by atoms with van der Waals surface area (Å²) < 4.78 is 35.9. The monoisotopic (exact) mass is 181 g/mol. The summed E-state index contributed by atoms with van der Waals surface area (Å²) in [7, 11) is 0. The minimum atomic E-state index is -4.50. The zero-order valence-corrected chi connectivity index (χ0v) is 5.76. The van der Waals surface area contributed by atoms with Crippen molar-refractivity contribution in [3.05, 3.63) is 11.8 Å². The van der Waals surface area contributed by atoms with Crippen LogP contribution in [0.5, 0.6) is 0 Å². The van der Waals surface area contributed by atoms with Gasteiger partial charge in [0.25, 0.3) is 0 Å². The first-order valence-electron chi connectivity index (χ1n) is 2.84. The summed E-state index contributed by atoms with van der Waals surface area (Å²) in [5.74, 6) is 4.62. The quantitative estimate of drug-likeness (QED) is 0.436. The predicted octanol–water partition coefficient (Wildman–Crippen LogP) is -0.601. The van der Waals surface area contributed by atoms with Gasteiger partial charge in [-0.2, -0.15) is 13.2 Å². The summed E-state index contributed by atoms with van der Waals surface area (Å²) in [4.78, 5) is 0. The molecule has 1 aliphatic heterocycles. The predicted molar refractivity (Wildman–Crippen MR) is 34.9 cm³/mol. The standard InChI is InChI=1S/C4H6F3N5/c5-4(6,7)2-1-3(8)11-12(9)10-2/h1,10H,9H2,(H2,8,11). The highest BCUT2D eigenvalue weighted by molar-refractivity contribution is 5.92. The molecular weight excluding hydrogens is 175 g/mol. The Balaban J connectivity index is 2.87. The first kappa shape index (κ1) is 8.65. The van der Waals surface area contributed by atoms with Gasteiger partial charge in [-0.15, -0.1) is 10.3 Å². The summed E-state index contributed by atoms with van der Waals surface area (Å²) in [6.07, 6.45) is -3.85. The van der Waals surface area contributed by atoms with Gasteiger partial charge < -0.3 is 5.73 Å².